The Labute approximate surface area is 142 Å². The number of nitriles is 1. The van der Waals surface area contributed by atoms with Gasteiger partial charge in [-0.15, -0.1) is 0 Å². The van der Waals surface area contributed by atoms with Gasteiger partial charge in [0.05, 0.1) is 11.6 Å². The molecule has 0 fully saturated rings. The van der Waals surface area contributed by atoms with E-state index in [2.05, 4.69) is 10.6 Å². The van der Waals surface area contributed by atoms with E-state index in [1.807, 2.05) is 6.07 Å². The second-order valence-corrected chi connectivity index (χ2v) is 6.01. The Kier molecular flexibility index (Phi) is 6.15. The van der Waals surface area contributed by atoms with Crippen molar-refractivity contribution in [2.45, 2.75) is 23.6 Å². The Morgan fingerprint density at radius 1 is 1.17 bits per heavy atom. The number of rotatable bonds is 6. The lowest BCUT2D eigenvalue weighted by Crippen LogP contribution is -2.31. The molecule has 0 unspecified atom stereocenters. The van der Waals surface area contributed by atoms with Gasteiger partial charge in [-0.25, -0.2) is 0 Å². The molecule has 0 aliphatic rings. The standard InChI is InChI=1S/C17H15F2N3OS/c1-11(16(23)22-14-4-2-3-12(9-14)10-20)21-13-5-7-15(8-6-13)24-17(18)19/h2-9,11,17,21H,1H3,(H,22,23)/t11-/m1/s1. The number of nitrogens with one attached hydrogen (secondary N) is 2. The Hall–Kier alpha value is -2.59. The summed E-state index contributed by atoms with van der Waals surface area (Å²) in [7, 11) is 0. The van der Waals surface area contributed by atoms with Crippen LogP contribution in [-0.4, -0.2) is 17.7 Å². The molecule has 0 radical (unpaired) electrons. The quantitative estimate of drug-likeness (QED) is 0.764. The zero-order valence-electron chi connectivity index (χ0n) is 12.8. The molecule has 2 N–H and O–H groups in total. The summed E-state index contributed by atoms with van der Waals surface area (Å²) >= 11 is 0.471. The minimum Gasteiger partial charge on any atom is -0.374 e. The first-order valence-electron chi connectivity index (χ1n) is 7.10. The van der Waals surface area contributed by atoms with Gasteiger partial charge in [-0.2, -0.15) is 14.0 Å². The summed E-state index contributed by atoms with van der Waals surface area (Å²) in [5.74, 6) is -2.73. The molecule has 0 saturated heterocycles. The van der Waals surface area contributed by atoms with E-state index in [0.717, 1.165) is 0 Å². The molecule has 1 atom stereocenters. The number of thioether (sulfide) groups is 1. The molecule has 0 heterocycles. The lowest BCUT2D eigenvalue weighted by molar-refractivity contribution is -0.116. The van der Waals surface area contributed by atoms with Crippen molar-refractivity contribution in [1.82, 2.24) is 0 Å². The van der Waals surface area contributed by atoms with Crippen LogP contribution in [0.2, 0.25) is 0 Å². The van der Waals surface area contributed by atoms with E-state index in [0.29, 0.717) is 33.6 Å². The summed E-state index contributed by atoms with van der Waals surface area (Å²) in [5.41, 5.74) is 1.65. The van der Waals surface area contributed by atoms with Crippen LogP contribution >= 0.6 is 11.8 Å². The molecule has 1 amide bonds. The largest absolute Gasteiger partial charge is 0.374 e. The van der Waals surface area contributed by atoms with Crippen LogP contribution in [0.4, 0.5) is 20.2 Å². The molecule has 2 aromatic carbocycles. The van der Waals surface area contributed by atoms with Crippen LogP contribution in [0.5, 0.6) is 0 Å². The zero-order valence-corrected chi connectivity index (χ0v) is 13.6. The number of carbonyl (C=O) groups is 1. The molecule has 2 aromatic rings. The Morgan fingerprint density at radius 2 is 1.88 bits per heavy atom. The average molecular weight is 347 g/mol. The molecule has 0 saturated carbocycles. The van der Waals surface area contributed by atoms with E-state index in [1.54, 1.807) is 55.5 Å². The number of benzene rings is 2. The maximum Gasteiger partial charge on any atom is 0.288 e. The number of amides is 1. The first-order valence-corrected chi connectivity index (χ1v) is 7.98. The van der Waals surface area contributed by atoms with Crippen LogP contribution in [-0.2, 0) is 4.79 Å². The van der Waals surface area contributed by atoms with E-state index in [-0.39, 0.29) is 5.91 Å². The molecule has 2 rings (SSSR count). The normalized spacial score (nSPS) is 11.6. The second kappa shape index (κ2) is 8.31. The molecular formula is C17H15F2N3OS. The van der Waals surface area contributed by atoms with Gasteiger partial charge in [0.1, 0.15) is 6.04 Å². The van der Waals surface area contributed by atoms with E-state index in [1.165, 1.54) is 0 Å². The highest BCUT2D eigenvalue weighted by Gasteiger charge is 2.13. The zero-order chi connectivity index (χ0) is 17.5. The predicted molar refractivity (Wildman–Crippen MR) is 91.2 cm³/mol. The smallest absolute Gasteiger partial charge is 0.288 e. The van der Waals surface area contributed by atoms with Gasteiger partial charge >= 0.3 is 0 Å². The lowest BCUT2D eigenvalue weighted by Gasteiger charge is -2.15. The fourth-order valence-corrected chi connectivity index (χ4v) is 2.46. The van der Waals surface area contributed by atoms with Gasteiger partial charge in [-0.05, 0) is 49.4 Å². The van der Waals surface area contributed by atoms with Crippen LogP contribution in [0.25, 0.3) is 0 Å². The number of alkyl halides is 2. The third kappa shape index (κ3) is 5.25. The van der Waals surface area contributed by atoms with Gasteiger partial charge < -0.3 is 10.6 Å². The van der Waals surface area contributed by atoms with Crippen molar-refractivity contribution in [3.8, 4) is 6.07 Å². The number of nitrogens with zero attached hydrogens (tertiary/aromatic N) is 1. The Balaban J connectivity index is 1.94. The van der Waals surface area contributed by atoms with Gasteiger partial charge in [0, 0.05) is 16.3 Å². The molecule has 7 heteroatoms. The molecular weight excluding hydrogens is 332 g/mol. The van der Waals surface area contributed by atoms with E-state index in [4.69, 9.17) is 5.26 Å². The molecule has 0 bridgehead atoms. The first kappa shape index (κ1) is 17.8. The minimum atomic E-state index is -2.46. The van der Waals surface area contributed by atoms with E-state index < -0.39 is 11.8 Å². The molecule has 24 heavy (non-hydrogen) atoms. The third-order valence-electron chi connectivity index (χ3n) is 3.12. The molecule has 0 aliphatic heterocycles. The molecule has 0 spiro atoms. The van der Waals surface area contributed by atoms with Crippen molar-refractivity contribution < 1.29 is 13.6 Å². The van der Waals surface area contributed by atoms with Crippen molar-refractivity contribution in [3.05, 3.63) is 54.1 Å². The van der Waals surface area contributed by atoms with Crippen LogP contribution < -0.4 is 10.6 Å². The summed E-state index contributed by atoms with van der Waals surface area (Å²) in [6.45, 7) is 1.69. The number of hydrogen-bond acceptors (Lipinski definition) is 4. The summed E-state index contributed by atoms with van der Waals surface area (Å²) < 4.78 is 24.5. The summed E-state index contributed by atoms with van der Waals surface area (Å²) in [6, 6.07) is 14.5. The Morgan fingerprint density at radius 3 is 2.50 bits per heavy atom. The Bertz CT molecular complexity index is 744. The van der Waals surface area contributed by atoms with Crippen LogP contribution in [0.15, 0.2) is 53.4 Å². The number of anilines is 2. The fraction of sp³-hybridized carbons (Fsp3) is 0.176. The van der Waals surface area contributed by atoms with Crippen molar-refractivity contribution in [1.29, 1.82) is 5.26 Å². The van der Waals surface area contributed by atoms with Crippen LogP contribution in [0.3, 0.4) is 0 Å². The van der Waals surface area contributed by atoms with Gasteiger partial charge in [-0.3, -0.25) is 4.79 Å². The maximum atomic E-state index is 12.3. The average Bonchev–Trinajstić information content (AvgIpc) is 2.56. The van der Waals surface area contributed by atoms with Crippen LogP contribution in [0, 0.1) is 11.3 Å². The van der Waals surface area contributed by atoms with Gasteiger partial charge in [0.25, 0.3) is 5.76 Å². The molecule has 0 aromatic heterocycles. The first-order chi connectivity index (χ1) is 11.5. The highest BCUT2D eigenvalue weighted by Crippen LogP contribution is 2.26. The summed E-state index contributed by atoms with van der Waals surface area (Å²) in [6.07, 6.45) is 0. The lowest BCUT2D eigenvalue weighted by atomic mass is 10.2. The fourth-order valence-electron chi connectivity index (χ4n) is 1.97. The van der Waals surface area contributed by atoms with Crippen LogP contribution in [0.1, 0.15) is 12.5 Å². The van der Waals surface area contributed by atoms with Crippen molar-refractivity contribution in [2.75, 3.05) is 10.6 Å². The van der Waals surface area contributed by atoms with Crippen molar-refractivity contribution >= 4 is 29.0 Å². The summed E-state index contributed by atoms with van der Waals surface area (Å²) in [4.78, 5) is 12.6. The topological polar surface area (TPSA) is 64.9 Å². The highest BCUT2D eigenvalue weighted by molar-refractivity contribution is 7.99. The van der Waals surface area contributed by atoms with Gasteiger partial charge in [0.2, 0.25) is 5.91 Å². The number of carbonyl (C=O) groups excluding carboxylic acids is 1. The second-order valence-electron chi connectivity index (χ2n) is 4.95. The van der Waals surface area contributed by atoms with Gasteiger partial charge in [-0.1, -0.05) is 17.8 Å². The molecule has 4 nitrogen and oxygen atoms in total. The van der Waals surface area contributed by atoms with Crippen molar-refractivity contribution in [3.63, 3.8) is 0 Å². The monoisotopic (exact) mass is 347 g/mol. The minimum absolute atomic E-state index is 0.267. The molecule has 0 aliphatic carbocycles. The van der Waals surface area contributed by atoms with E-state index >= 15 is 0 Å². The summed E-state index contributed by atoms with van der Waals surface area (Å²) in [5, 5.41) is 14.6. The molecule has 124 valence electrons. The van der Waals surface area contributed by atoms with E-state index in [9.17, 15) is 13.6 Å². The number of halogens is 2. The third-order valence-corrected chi connectivity index (χ3v) is 3.84. The maximum absolute atomic E-state index is 12.3. The number of hydrogen-bond donors (Lipinski definition) is 2. The van der Waals surface area contributed by atoms with Gasteiger partial charge in [0.15, 0.2) is 0 Å². The predicted octanol–water partition coefficient (Wildman–Crippen LogP) is 4.31. The highest BCUT2D eigenvalue weighted by atomic mass is 32.2. The SMILES string of the molecule is C[C@@H](Nc1ccc(SC(F)F)cc1)C(=O)Nc1cccc(C#N)c1. The van der Waals surface area contributed by atoms with Crippen molar-refractivity contribution in [2.24, 2.45) is 0 Å².